The van der Waals surface area contributed by atoms with Crippen LogP contribution in [0.1, 0.15) is 53.2 Å². The maximum atomic E-state index is 12.5. The molecule has 1 aliphatic rings. The summed E-state index contributed by atoms with van der Waals surface area (Å²) in [5.74, 6) is -1.26. The van der Waals surface area contributed by atoms with Crippen molar-refractivity contribution in [2.45, 2.75) is 59.4 Å². The lowest BCUT2D eigenvalue weighted by molar-refractivity contribution is -0.194. The van der Waals surface area contributed by atoms with E-state index in [0.29, 0.717) is 16.7 Å². The molecule has 1 aliphatic heterocycles. The molecule has 0 saturated heterocycles. The van der Waals surface area contributed by atoms with Crippen LogP contribution >= 0.6 is 0 Å². The number of benzene rings is 1. The standard InChI is InChI=1S/C22H26O7/c1-11(2)20(24)27-18-16-14(9-7-13-8-10-15(23)26-17(13)16)29-22(5,6)19(18)28-21(25)12(3)4/h7-12,18-19H,1-6H3. The lowest BCUT2D eigenvalue weighted by Gasteiger charge is -2.43. The van der Waals surface area contributed by atoms with Crippen molar-refractivity contribution in [2.24, 2.45) is 11.8 Å². The van der Waals surface area contributed by atoms with E-state index in [0.717, 1.165) is 0 Å². The van der Waals surface area contributed by atoms with Crippen molar-refractivity contribution in [2.75, 3.05) is 0 Å². The van der Waals surface area contributed by atoms with E-state index in [2.05, 4.69) is 0 Å². The quantitative estimate of drug-likeness (QED) is 0.568. The Morgan fingerprint density at radius 1 is 0.966 bits per heavy atom. The van der Waals surface area contributed by atoms with Gasteiger partial charge < -0.3 is 18.6 Å². The third-order valence-electron chi connectivity index (χ3n) is 4.83. The molecule has 0 radical (unpaired) electrons. The Morgan fingerprint density at radius 2 is 1.55 bits per heavy atom. The molecule has 2 atom stereocenters. The summed E-state index contributed by atoms with van der Waals surface area (Å²) in [6, 6.07) is 6.43. The fraction of sp³-hybridized carbons (Fsp3) is 0.500. The van der Waals surface area contributed by atoms with Crippen LogP contribution in [0.3, 0.4) is 0 Å². The minimum Gasteiger partial charge on any atom is -0.483 e. The van der Waals surface area contributed by atoms with Gasteiger partial charge in [0, 0.05) is 11.5 Å². The number of hydrogen-bond acceptors (Lipinski definition) is 7. The molecule has 7 heteroatoms. The second-order valence-corrected chi connectivity index (χ2v) is 8.38. The maximum absolute atomic E-state index is 12.5. The zero-order valence-corrected chi connectivity index (χ0v) is 17.5. The van der Waals surface area contributed by atoms with E-state index in [4.69, 9.17) is 18.6 Å². The predicted molar refractivity (Wildman–Crippen MR) is 106 cm³/mol. The van der Waals surface area contributed by atoms with Gasteiger partial charge in [0.2, 0.25) is 0 Å². The molecule has 2 aromatic rings. The van der Waals surface area contributed by atoms with Crippen molar-refractivity contribution < 1.29 is 28.2 Å². The molecule has 1 aromatic carbocycles. The molecule has 0 fully saturated rings. The SMILES string of the molecule is CC(C)C(=O)OC1c2c(ccc3ccc(=O)oc23)OC(C)(C)C1OC(=O)C(C)C. The van der Waals surface area contributed by atoms with E-state index < -0.39 is 41.3 Å². The third kappa shape index (κ3) is 3.99. The summed E-state index contributed by atoms with van der Waals surface area (Å²) in [5.41, 5.74) is -0.893. The Balaban J connectivity index is 2.22. The molecule has 2 unspecified atom stereocenters. The molecule has 0 aliphatic carbocycles. The van der Waals surface area contributed by atoms with Crippen molar-refractivity contribution in [3.63, 3.8) is 0 Å². The number of hydrogen-bond donors (Lipinski definition) is 0. The fourth-order valence-corrected chi connectivity index (χ4v) is 3.20. The Morgan fingerprint density at radius 3 is 2.17 bits per heavy atom. The topological polar surface area (TPSA) is 92.0 Å². The van der Waals surface area contributed by atoms with Gasteiger partial charge in [-0.05, 0) is 32.0 Å². The number of carbonyl (C=O) groups is 2. The molecule has 7 nitrogen and oxygen atoms in total. The molecular formula is C22H26O7. The smallest absolute Gasteiger partial charge is 0.336 e. The highest BCUT2D eigenvalue weighted by Gasteiger charge is 2.50. The largest absolute Gasteiger partial charge is 0.483 e. The highest BCUT2D eigenvalue weighted by atomic mass is 16.6. The number of ether oxygens (including phenoxy) is 3. The van der Waals surface area contributed by atoms with Crippen molar-refractivity contribution in [3.8, 4) is 5.75 Å². The molecule has 0 bridgehead atoms. The second-order valence-electron chi connectivity index (χ2n) is 8.38. The van der Waals surface area contributed by atoms with Gasteiger partial charge in [0.15, 0.2) is 12.2 Å². The minimum absolute atomic E-state index is 0.248. The first-order valence-corrected chi connectivity index (χ1v) is 9.68. The highest BCUT2D eigenvalue weighted by molar-refractivity contribution is 5.84. The fourth-order valence-electron chi connectivity index (χ4n) is 3.20. The van der Waals surface area contributed by atoms with Gasteiger partial charge >= 0.3 is 17.6 Å². The zero-order valence-electron chi connectivity index (χ0n) is 17.5. The van der Waals surface area contributed by atoms with E-state index >= 15 is 0 Å². The molecule has 29 heavy (non-hydrogen) atoms. The van der Waals surface area contributed by atoms with Crippen LogP contribution in [0.2, 0.25) is 0 Å². The molecule has 2 heterocycles. The Kier molecular flexibility index (Phi) is 5.43. The van der Waals surface area contributed by atoms with Gasteiger partial charge in [-0.15, -0.1) is 0 Å². The molecule has 0 saturated carbocycles. The van der Waals surface area contributed by atoms with Crippen molar-refractivity contribution in [3.05, 3.63) is 40.2 Å². The van der Waals surface area contributed by atoms with E-state index in [1.165, 1.54) is 6.07 Å². The van der Waals surface area contributed by atoms with Crippen molar-refractivity contribution in [1.82, 2.24) is 0 Å². The third-order valence-corrected chi connectivity index (χ3v) is 4.83. The van der Waals surface area contributed by atoms with Crippen LogP contribution in [0.5, 0.6) is 5.75 Å². The summed E-state index contributed by atoms with van der Waals surface area (Å²) in [6.45, 7) is 10.4. The monoisotopic (exact) mass is 402 g/mol. The van der Waals surface area contributed by atoms with E-state index in [-0.39, 0.29) is 11.5 Å². The van der Waals surface area contributed by atoms with Gasteiger partial charge in [-0.1, -0.05) is 27.7 Å². The van der Waals surface area contributed by atoms with Gasteiger partial charge in [0.05, 0.1) is 17.4 Å². The van der Waals surface area contributed by atoms with Crippen LogP contribution in [0.25, 0.3) is 11.0 Å². The molecule has 0 amide bonds. The van der Waals surface area contributed by atoms with Crippen LogP contribution in [-0.2, 0) is 19.1 Å². The molecular weight excluding hydrogens is 376 g/mol. The van der Waals surface area contributed by atoms with Gasteiger partial charge in [-0.3, -0.25) is 9.59 Å². The Labute approximate surface area is 168 Å². The zero-order chi connectivity index (χ0) is 21.5. The second kappa shape index (κ2) is 7.54. The number of esters is 2. The van der Waals surface area contributed by atoms with Crippen LogP contribution in [0.4, 0.5) is 0 Å². The molecule has 3 rings (SSSR count). The minimum atomic E-state index is -0.986. The first-order chi connectivity index (χ1) is 13.5. The summed E-state index contributed by atoms with van der Waals surface area (Å²) >= 11 is 0. The van der Waals surface area contributed by atoms with E-state index in [1.54, 1.807) is 59.7 Å². The van der Waals surface area contributed by atoms with Gasteiger partial charge in [0.1, 0.15) is 16.9 Å². The summed E-state index contributed by atoms with van der Waals surface area (Å²) in [5, 5.41) is 0.645. The molecule has 0 N–H and O–H groups in total. The predicted octanol–water partition coefficient (Wildman–Crippen LogP) is 3.77. The Hall–Kier alpha value is -2.83. The highest BCUT2D eigenvalue weighted by Crippen LogP contribution is 2.46. The van der Waals surface area contributed by atoms with Crippen LogP contribution in [0, 0.1) is 11.8 Å². The summed E-state index contributed by atoms with van der Waals surface area (Å²) in [7, 11) is 0. The van der Waals surface area contributed by atoms with Crippen molar-refractivity contribution in [1.29, 1.82) is 0 Å². The average Bonchev–Trinajstić information content (AvgIpc) is 2.62. The van der Waals surface area contributed by atoms with Crippen molar-refractivity contribution >= 4 is 22.9 Å². The number of fused-ring (bicyclic) bond motifs is 3. The van der Waals surface area contributed by atoms with Gasteiger partial charge in [0.25, 0.3) is 0 Å². The average molecular weight is 402 g/mol. The van der Waals surface area contributed by atoms with E-state index in [1.807, 2.05) is 0 Å². The van der Waals surface area contributed by atoms with Crippen LogP contribution < -0.4 is 10.4 Å². The lowest BCUT2D eigenvalue weighted by atomic mass is 9.87. The van der Waals surface area contributed by atoms with Crippen LogP contribution in [-0.4, -0.2) is 23.6 Å². The van der Waals surface area contributed by atoms with E-state index in [9.17, 15) is 14.4 Å². The summed E-state index contributed by atoms with van der Waals surface area (Å²) in [4.78, 5) is 36.8. The Bertz CT molecular complexity index is 1000. The van der Waals surface area contributed by atoms with Crippen LogP contribution in [0.15, 0.2) is 33.5 Å². The first-order valence-electron chi connectivity index (χ1n) is 9.68. The maximum Gasteiger partial charge on any atom is 0.336 e. The molecule has 0 spiro atoms. The normalized spacial score (nSPS) is 20.3. The summed E-state index contributed by atoms with van der Waals surface area (Å²) < 4.78 is 23.1. The molecule has 156 valence electrons. The molecule has 1 aromatic heterocycles. The van der Waals surface area contributed by atoms with Gasteiger partial charge in [-0.25, -0.2) is 4.79 Å². The lowest BCUT2D eigenvalue weighted by Crippen LogP contribution is -2.52. The number of rotatable bonds is 4. The summed E-state index contributed by atoms with van der Waals surface area (Å²) in [6.07, 6.45) is -1.91. The number of carbonyl (C=O) groups excluding carboxylic acids is 2. The first kappa shape index (κ1) is 20.9. The van der Waals surface area contributed by atoms with Gasteiger partial charge in [-0.2, -0.15) is 0 Å².